The number of benzene rings is 1. The largest absolute Gasteiger partial charge is 0.374 e. The summed E-state index contributed by atoms with van der Waals surface area (Å²) in [7, 11) is 3.46. The van der Waals surface area contributed by atoms with Crippen LogP contribution >= 0.6 is 11.9 Å². The van der Waals surface area contributed by atoms with Gasteiger partial charge in [-0.05, 0) is 38.1 Å². The third kappa shape index (κ3) is 5.36. The maximum Gasteiger partial charge on any atom is 0.131 e. The quantitative estimate of drug-likeness (QED) is 0.751. The fourth-order valence-electron chi connectivity index (χ4n) is 1.32. The van der Waals surface area contributed by atoms with Gasteiger partial charge in [0.25, 0.3) is 0 Å². The SMILES string of the molecule is C=C(NC)N(/C=C(/F)CNC)Sc1ccc(C)cc1. The number of rotatable bonds is 7. The molecule has 0 amide bonds. The molecule has 0 spiro atoms. The number of hydrogen-bond donors (Lipinski definition) is 2. The summed E-state index contributed by atoms with van der Waals surface area (Å²) in [6.45, 7) is 6.09. The first-order valence-corrected chi connectivity index (χ1v) is 6.75. The smallest absolute Gasteiger partial charge is 0.131 e. The van der Waals surface area contributed by atoms with Crippen LogP contribution in [0.4, 0.5) is 4.39 Å². The zero-order chi connectivity index (χ0) is 14.3. The minimum atomic E-state index is -0.251. The number of nitrogens with zero attached hydrogens (tertiary/aromatic N) is 1. The van der Waals surface area contributed by atoms with Gasteiger partial charge in [0, 0.05) is 18.5 Å². The van der Waals surface area contributed by atoms with Gasteiger partial charge in [0.2, 0.25) is 0 Å². The number of hydrogen-bond acceptors (Lipinski definition) is 4. The summed E-state index contributed by atoms with van der Waals surface area (Å²) < 4.78 is 15.3. The molecule has 0 saturated heterocycles. The summed E-state index contributed by atoms with van der Waals surface area (Å²) in [5, 5.41) is 5.69. The Kier molecular flexibility index (Phi) is 6.45. The Bertz CT molecular complexity index is 443. The molecule has 0 bridgehead atoms. The van der Waals surface area contributed by atoms with Crippen LogP contribution in [0.1, 0.15) is 5.56 Å². The van der Waals surface area contributed by atoms with Crippen molar-refractivity contribution in [3.05, 3.63) is 54.3 Å². The Morgan fingerprint density at radius 2 is 2.00 bits per heavy atom. The van der Waals surface area contributed by atoms with Crippen molar-refractivity contribution in [1.82, 2.24) is 14.9 Å². The highest BCUT2D eigenvalue weighted by molar-refractivity contribution is 7.97. The second-order valence-corrected chi connectivity index (χ2v) is 5.08. The molecular formula is C14H20FN3S. The molecule has 1 rings (SSSR count). The van der Waals surface area contributed by atoms with Crippen molar-refractivity contribution < 1.29 is 4.39 Å². The lowest BCUT2D eigenvalue weighted by Gasteiger charge is -2.21. The number of nitrogens with one attached hydrogen (secondary N) is 2. The zero-order valence-corrected chi connectivity index (χ0v) is 12.4. The first-order valence-electron chi connectivity index (χ1n) is 5.98. The molecule has 0 saturated carbocycles. The van der Waals surface area contributed by atoms with Crippen molar-refractivity contribution in [3.63, 3.8) is 0 Å². The maximum absolute atomic E-state index is 13.6. The Hall–Kier alpha value is -1.46. The lowest BCUT2D eigenvalue weighted by atomic mass is 10.2. The van der Waals surface area contributed by atoms with E-state index in [2.05, 4.69) is 17.2 Å². The normalized spacial score (nSPS) is 11.3. The molecule has 0 aliphatic heterocycles. The van der Waals surface area contributed by atoms with Crippen molar-refractivity contribution in [3.8, 4) is 0 Å². The van der Waals surface area contributed by atoms with Crippen LogP contribution in [0.5, 0.6) is 0 Å². The van der Waals surface area contributed by atoms with Crippen LogP contribution in [-0.2, 0) is 0 Å². The fraction of sp³-hybridized carbons (Fsp3) is 0.286. The van der Waals surface area contributed by atoms with E-state index in [1.807, 2.05) is 31.2 Å². The predicted molar refractivity (Wildman–Crippen MR) is 80.2 cm³/mol. The van der Waals surface area contributed by atoms with Gasteiger partial charge in [-0.25, -0.2) is 4.39 Å². The fourth-order valence-corrected chi connectivity index (χ4v) is 2.18. The Morgan fingerprint density at radius 3 is 2.53 bits per heavy atom. The van der Waals surface area contributed by atoms with E-state index in [1.165, 1.54) is 23.7 Å². The van der Waals surface area contributed by atoms with E-state index in [0.29, 0.717) is 5.82 Å². The second-order valence-electron chi connectivity index (χ2n) is 4.03. The van der Waals surface area contributed by atoms with Gasteiger partial charge >= 0.3 is 0 Å². The van der Waals surface area contributed by atoms with Gasteiger partial charge in [-0.3, -0.25) is 4.31 Å². The molecule has 0 aromatic heterocycles. The summed E-state index contributed by atoms with van der Waals surface area (Å²) in [5.74, 6) is 0.371. The molecule has 1 aromatic rings. The van der Waals surface area contributed by atoms with Gasteiger partial charge in [-0.2, -0.15) is 0 Å². The lowest BCUT2D eigenvalue weighted by Crippen LogP contribution is -2.20. The first-order chi connectivity index (χ1) is 9.06. The monoisotopic (exact) mass is 281 g/mol. The van der Waals surface area contributed by atoms with E-state index in [9.17, 15) is 4.39 Å². The van der Waals surface area contributed by atoms with Crippen molar-refractivity contribution >= 4 is 11.9 Å². The molecular weight excluding hydrogens is 261 g/mol. The van der Waals surface area contributed by atoms with Crippen molar-refractivity contribution in [2.45, 2.75) is 11.8 Å². The molecule has 1 aromatic carbocycles. The summed E-state index contributed by atoms with van der Waals surface area (Å²) >= 11 is 1.41. The third-order valence-electron chi connectivity index (χ3n) is 2.38. The van der Waals surface area contributed by atoms with Gasteiger partial charge < -0.3 is 10.6 Å². The lowest BCUT2D eigenvalue weighted by molar-refractivity contribution is 0.559. The second kappa shape index (κ2) is 7.86. The highest BCUT2D eigenvalue weighted by Crippen LogP contribution is 2.26. The first kappa shape index (κ1) is 15.6. The van der Waals surface area contributed by atoms with Crippen LogP contribution in [0.15, 0.2) is 53.6 Å². The molecule has 2 N–H and O–H groups in total. The van der Waals surface area contributed by atoms with Crippen LogP contribution in [0.25, 0.3) is 0 Å². The van der Waals surface area contributed by atoms with Gasteiger partial charge in [-0.15, -0.1) is 0 Å². The van der Waals surface area contributed by atoms with E-state index < -0.39 is 0 Å². The zero-order valence-electron chi connectivity index (χ0n) is 11.5. The van der Waals surface area contributed by atoms with Crippen LogP contribution in [0.2, 0.25) is 0 Å². The molecule has 3 nitrogen and oxygen atoms in total. The number of likely N-dealkylation sites (N-methyl/N-ethyl adjacent to an activating group) is 1. The minimum absolute atomic E-state index is 0.196. The topological polar surface area (TPSA) is 27.3 Å². The third-order valence-corrected chi connectivity index (χ3v) is 3.39. The molecule has 0 fully saturated rings. The molecule has 5 heteroatoms. The Labute approximate surface area is 118 Å². The van der Waals surface area contributed by atoms with E-state index in [0.717, 1.165) is 4.90 Å². The van der Waals surface area contributed by atoms with Crippen LogP contribution in [0.3, 0.4) is 0 Å². The van der Waals surface area contributed by atoms with Gasteiger partial charge in [-0.1, -0.05) is 24.3 Å². The highest BCUT2D eigenvalue weighted by atomic mass is 32.2. The minimum Gasteiger partial charge on any atom is -0.374 e. The summed E-state index contributed by atoms with van der Waals surface area (Å²) in [5.41, 5.74) is 1.19. The van der Waals surface area contributed by atoms with Gasteiger partial charge in [0.15, 0.2) is 0 Å². The summed E-state index contributed by atoms with van der Waals surface area (Å²) in [4.78, 5) is 1.02. The number of aryl methyl sites for hydroxylation is 1. The van der Waals surface area contributed by atoms with E-state index in [-0.39, 0.29) is 12.4 Å². The van der Waals surface area contributed by atoms with E-state index in [4.69, 9.17) is 0 Å². The molecule has 0 aliphatic carbocycles. The predicted octanol–water partition coefficient (Wildman–Crippen LogP) is 3.03. The van der Waals surface area contributed by atoms with E-state index in [1.54, 1.807) is 18.4 Å². The van der Waals surface area contributed by atoms with Crippen LogP contribution in [0, 0.1) is 6.92 Å². The molecule has 104 valence electrons. The highest BCUT2D eigenvalue weighted by Gasteiger charge is 2.08. The van der Waals surface area contributed by atoms with Gasteiger partial charge in [0.05, 0.1) is 6.20 Å². The Balaban J connectivity index is 2.83. The van der Waals surface area contributed by atoms with E-state index >= 15 is 0 Å². The summed E-state index contributed by atoms with van der Waals surface area (Å²) in [6, 6.07) is 8.05. The maximum atomic E-state index is 13.6. The van der Waals surface area contributed by atoms with Crippen molar-refractivity contribution in [1.29, 1.82) is 0 Å². The van der Waals surface area contributed by atoms with Gasteiger partial charge in [0.1, 0.15) is 11.6 Å². The van der Waals surface area contributed by atoms with Crippen LogP contribution < -0.4 is 10.6 Å². The standard InChI is InChI=1S/C14H20FN3S/c1-11-5-7-14(8-6-11)19-18(12(2)17-4)10-13(15)9-16-3/h5-8,10,16-17H,2,9H2,1,3-4H3/b13-10+. The van der Waals surface area contributed by atoms with Crippen molar-refractivity contribution in [2.24, 2.45) is 0 Å². The van der Waals surface area contributed by atoms with Crippen LogP contribution in [-0.4, -0.2) is 24.9 Å². The molecule has 0 aliphatic rings. The number of halogens is 1. The molecule has 0 heterocycles. The molecule has 19 heavy (non-hydrogen) atoms. The van der Waals surface area contributed by atoms with Crippen molar-refractivity contribution in [2.75, 3.05) is 20.6 Å². The Morgan fingerprint density at radius 1 is 1.37 bits per heavy atom. The molecule has 0 radical (unpaired) electrons. The molecule has 0 unspecified atom stereocenters. The summed E-state index contributed by atoms with van der Waals surface area (Å²) in [6.07, 6.45) is 1.43. The average molecular weight is 281 g/mol. The average Bonchev–Trinajstić information content (AvgIpc) is 2.40. The molecule has 0 atom stereocenters.